The molecule has 2 fully saturated rings. The molecule has 0 bridgehead atoms. The zero-order chi connectivity index (χ0) is 15.4. The zero-order valence-corrected chi connectivity index (χ0v) is 13.3. The predicted molar refractivity (Wildman–Crippen MR) is 88.6 cm³/mol. The standard InChI is InChI=1S/C18H27N3O/c19-17-13-20(12-16(17)15-8-4-3-5-9-15)14-18(22)21-10-6-1-2-7-11-21/h3-5,8-9,16-17H,1-2,6-7,10-14,19H2/t16-,17+/m0/s1. The molecule has 0 radical (unpaired) electrons. The highest BCUT2D eigenvalue weighted by Crippen LogP contribution is 2.26. The summed E-state index contributed by atoms with van der Waals surface area (Å²) in [5, 5.41) is 0. The van der Waals surface area contributed by atoms with Crippen LogP contribution >= 0.6 is 0 Å². The van der Waals surface area contributed by atoms with E-state index in [-0.39, 0.29) is 11.9 Å². The first-order chi connectivity index (χ1) is 10.7. The predicted octanol–water partition coefficient (Wildman–Crippen LogP) is 1.82. The molecule has 22 heavy (non-hydrogen) atoms. The minimum absolute atomic E-state index is 0.124. The van der Waals surface area contributed by atoms with E-state index in [0.29, 0.717) is 12.5 Å². The summed E-state index contributed by atoms with van der Waals surface area (Å²) in [7, 11) is 0. The van der Waals surface area contributed by atoms with Crippen molar-refractivity contribution in [3.8, 4) is 0 Å². The van der Waals surface area contributed by atoms with Crippen LogP contribution in [0.2, 0.25) is 0 Å². The van der Waals surface area contributed by atoms with Crippen LogP contribution in [0.5, 0.6) is 0 Å². The summed E-state index contributed by atoms with van der Waals surface area (Å²) in [5.74, 6) is 0.626. The monoisotopic (exact) mass is 301 g/mol. The van der Waals surface area contributed by atoms with Crippen molar-refractivity contribution in [2.75, 3.05) is 32.7 Å². The molecule has 0 spiro atoms. The molecule has 2 heterocycles. The summed E-state index contributed by atoms with van der Waals surface area (Å²) in [6.45, 7) is 4.10. The van der Waals surface area contributed by atoms with Gasteiger partial charge in [-0.15, -0.1) is 0 Å². The van der Waals surface area contributed by atoms with Crippen LogP contribution in [0.25, 0.3) is 0 Å². The van der Waals surface area contributed by atoms with Crippen molar-refractivity contribution in [3.63, 3.8) is 0 Å². The maximum atomic E-state index is 12.5. The minimum atomic E-state index is 0.124. The SMILES string of the molecule is N[C@@H]1CN(CC(=O)N2CCCCCC2)C[C@H]1c1ccccc1. The summed E-state index contributed by atoms with van der Waals surface area (Å²) in [6.07, 6.45) is 4.82. The third-order valence-corrected chi connectivity index (χ3v) is 4.99. The number of likely N-dealkylation sites (tertiary alicyclic amines) is 2. The summed E-state index contributed by atoms with van der Waals surface area (Å²) >= 11 is 0. The van der Waals surface area contributed by atoms with E-state index in [9.17, 15) is 4.79 Å². The van der Waals surface area contributed by atoms with Crippen LogP contribution in [0, 0.1) is 0 Å². The molecule has 4 heteroatoms. The Hall–Kier alpha value is -1.39. The first-order valence-corrected chi connectivity index (χ1v) is 8.54. The molecule has 0 unspecified atom stereocenters. The van der Waals surface area contributed by atoms with E-state index >= 15 is 0 Å². The molecule has 0 aliphatic carbocycles. The van der Waals surface area contributed by atoms with Gasteiger partial charge in [0.1, 0.15) is 0 Å². The van der Waals surface area contributed by atoms with Crippen LogP contribution < -0.4 is 5.73 Å². The first-order valence-electron chi connectivity index (χ1n) is 8.54. The van der Waals surface area contributed by atoms with E-state index in [4.69, 9.17) is 5.73 Å². The lowest BCUT2D eigenvalue weighted by Gasteiger charge is -2.23. The van der Waals surface area contributed by atoms with Gasteiger partial charge in [0.05, 0.1) is 6.54 Å². The van der Waals surface area contributed by atoms with Gasteiger partial charge in [0.25, 0.3) is 0 Å². The number of nitrogens with zero attached hydrogens (tertiary/aromatic N) is 2. The van der Waals surface area contributed by atoms with E-state index in [2.05, 4.69) is 29.2 Å². The Morgan fingerprint density at radius 3 is 2.41 bits per heavy atom. The molecule has 3 rings (SSSR count). The van der Waals surface area contributed by atoms with Crippen LogP contribution in [0.1, 0.15) is 37.2 Å². The molecule has 0 aromatic heterocycles. The average Bonchev–Trinajstić information content (AvgIpc) is 2.75. The normalized spacial score (nSPS) is 26.9. The lowest BCUT2D eigenvalue weighted by Crippen LogP contribution is -2.40. The van der Waals surface area contributed by atoms with E-state index in [1.165, 1.54) is 18.4 Å². The van der Waals surface area contributed by atoms with Crippen LogP contribution in [-0.2, 0) is 4.79 Å². The van der Waals surface area contributed by atoms with Gasteiger partial charge in [-0.05, 0) is 18.4 Å². The quantitative estimate of drug-likeness (QED) is 0.926. The Morgan fingerprint density at radius 1 is 1.05 bits per heavy atom. The Balaban J connectivity index is 1.56. The van der Waals surface area contributed by atoms with Gasteiger partial charge < -0.3 is 10.6 Å². The number of benzene rings is 1. The number of hydrogen-bond donors (Lipinski definition) is 1. The fourth-order valence-corrected chi connectivity index (χ4v) is 3.71. The Morgan fingerprint density at radius 2 is 1.73 bits per heavy atom. The highest BCUT2D eigenvalue weighted by atomic mass is 16.2. The Labute approximate surface area is 133 Å². The summed E-state index contributed by atoms with van der Waals surface area (Å²) in [5.41, 5.74) is 7.61. The molecule has 120 valence electrons. The first kappa shape index (κ1) is 15.5. The van der Waals surface area contributed by atoms with Crippen molar-refractivity contribution in [1.29, 1.82) is 0 Å². The second-order valence-electron chi connectivity index (χ2n) is 6.67. The van der Waals surface area contributed by atoms with E-state index in [1.807, 2.05) is 11.0 Å². The van der Waals surface area contributed by atoms with Gasteiger partial charge >= 0.3 is 0 Å². The molecule has 1 aromatic rings. The molecule has 2 N–H and O–H groups in total. The number of hydrogen-bond acceptors (Lipinski definition) is 3. The van der Waals surface area contributed by atoms with Crippen molar-refractivity contribution in [1.82, 2.24) is 9.80 Å². The molecule has 2 saturated heterocycles. The summed E-state index contributed by atoms with van der Waals surface area (Å²) in [6, 6.07) is 10.6. The Bertz CT molecular complexity index is 482. The smallest absolute Gasteiger partial charge is 0.236 e. The van der Waals surface area contributed by atoms with Gasteiger partial charge in [-0.2, -0.15) is 0 Å². The van der Waals surface area contributed by atoms with E-state index in [1.54, 1.807) is 0 Å². The molecule has 2 aliphatic rings. The van der Waals surface area contributed by atoms with E-state index in [0.717, 1.165) is 39.0 Å². The maximum absolute atomic E-state index is 12.5. The highest BCUT2D eigenvalue weighted by molar-refractivity contribution is 5.78. The molecule has 0 saturated carbocycles. The molecule has 2 atom stereocenters. The van der Waals surface area contributed by atoms with Gasteiger partial charge in [-0.1, -0.05) is 43.2 Å². The Kier molecular flexibility index (Phi) is 5.11. The lowest BCUT2D eigenvalue weighted by molar-refractivity contribution is -0.132. The fourth-order valence-electron chi connectivity index (χ4n) is 3.71. The lowest BCUT2D eigenvalue weighted by atomic mass is 9.95. The van der Waals surface area contributed by atoms with Crippen molar-refractivity contribution in [3.05, 3.63) is 35.9 Å². The minimum Gasteiger partial charge on any atom is -0.342 e. The molecule has 2 aliphatic heterocycles. The molecular weight excluding hydrogens is 274 g/mol. The fraction of sp³-hybridized carbons (Fsp3) is 0.611. The van der Waals surface area contributed by atoms with E-state index < -0.39 is 0 Å². The van der Waals surface area contributed by atoms with Crippen LogP contribution in [-0.4, -0.2) is 54.5 Å². The molecule has 4 nitrogen and oxygen atoms in total. The van der Waals surface area contributed by atoms with Crippen molar-refractivity contribution in [2.24, 2.45) is 5.73 Å². The second-order valence-corrected chi connectivity index (χ2v) is 6.67. The van der Waals surface area contributed by atoms with Crippen molar-refractivity contribution < 1.29 is 4.79 Å². The average molecular weight is 301 g/mol. The maximum Gasteiger partial charge on any atom is 0.236 e. The number of rotatable bonds is 3. The zero-order valence-electron chi connectivity index (χ0n) is 13.3. The summed E-state index contributed by atoms with van der Waals surface area (Å²) in [4.78, 5) is 16.8. The van der Waals surface area contributed by atoms with Gasteiger partial charge in [0, 0.05) is 38.1 Å². The van der Waals surface area contributed by atoms with Crippen molar-refractivity contribution in [2.45, 2.75) is 37.6 Å². The van der Waals surface area contributed by atoms with Crippen LogP contribution in [0.4, 0.5) is 0 Å². The van der Waals surface area contributed by atoms with Gasteiger partial charge in [-0.3, -0.25) is 9.69 Å². The van der Waals surface area contributed by atoms with Crippen molar-refractivity contribution >= 4 is 5.91 Å². The number of nitrogens with two attached hydrogens (primary N) is 1. The highest BCUT2D eigenvalue weighted by Gasteiger charge is 2.32. The number of carbonyl (C=O) groups excluding carboxylic acids is 1. The van der Waals surface area contributed by atoms with Gasteiger partial charge in [0.2, 0.25) is 5.91 Å². The third kappa shape index (κ3) is 3.68. The molecular formula is C18H27N3O. The van der Waals surface area contributed by atoms with Crippen LogP contribution in [0.3, 0.4) is 0 Å². The largest absolute Gasteiger partial charge is 0.342 e. The summed E-state index contributed by atoms with van der Waals surface area (Å²) < 4.78 is 0. The van der Waals surface area contributed by atoms with Gasteiger partial charge in [0.15, 0.2) is 0 Å². The third-order valence-electron chi connectivity index (χ3n) is 4.99. The van der Waals surface area contributed by atoms with Crippen LogP contribution in [0.15, 0.2) is 30.3 Å². The molecule has 1 aromatic carbocycles. The second kappa shape index (κ2) is 7.25. The topological polar surface area (TPSA) is 49.6 Å². The van der Waals surface area contributed by atoms with Gasteiger partial charge in [-0.25, -0.2) is 0 Å². The number of amides is 1. The molecule has 1 amide bonds. The number of carbonyl (C=O) groups is 1.